The molecule has 30 heavy (non-hydrogen) atoms. The normalized spacial score (nSPS) is 10.8. The molecule has 3 aromatic carbocycles. The second-order valence-electron chi connectivity index (χ2n) is 7.02. The molecule has 0 N–H and O–H groups in total. The number of halogens is 4. The molecule has 0 saturated carbocycles. The quantitative estimate of drug-likeness (QED) is 0.417. The molecule has 0 aliphatic heterocycles. The van der Waals surface area contributed by atoms with E-state index in [-0.39, 0.29) is 29.5 Å². The predicted octanol–water partition coefficient (Wildman–Crippen LogP) is 6.66. The van der Waals surface area contributed by atoms with Crippen LogP contribution in [-0.2, 0) is 24.4 Å². The maximum Gasteiger partial charge on any atom is 0.192 e. The summed E-state index contributed by atoms with van der Waals surface area (Å²) < 4.78 is 56.9. The lowest BCUT2D eigenvalue weighted by Crippen LogP contribution is -2.03. The van der Waals surface area contributed by atoms with Gasteiger partial charge in [-0.3, -0.25) is 5.11 Å². The van der Waals surface area contributed by atoms with Crippen molar-refractivity contribution in [3.63, 3.8) is 0 Å². The molecule has 1 radical (unpaired) electrons. The van der Waals surface area contributed by atoms with Gasteiger partial charge in [0.2, 0.25) is 0 Å². The van der Waals surface area contributed by atoms with Crippen molar-refractivity contribution in [2.45, 2.75) is 32.6 Å². The van der Waals surface area contributed by atoms with E-state index < -0.39 is 34.6 Å². The van der Waals surface area contributed by atoms with Crippen LogP contribution in [0.1, 0.15) is 35.6 Å². The van der Waals surface area contributed by atoms with Crippen LogP contribution in [-0.4, -0.2) is 0 Å². The Bertz CT molecular complexity index is 1090. The Hall–Kier alpha value is -3.33. The highest BCUT2D eigenvalue weighted by Gasteiger charge is 2.21. The summed E-state index contributed by atoms with van der Waals surface area (Å²) in [6.07, 6.45) is 1.52. The molecule has 2 nitrogen and oxygen atoms in total. The van der Waals surface area contributed by atoms with E-state index >= 15 is 4.39 Å². The Morgan fingerprint density at radius 1 is 0.833 bits per heavy atom. The van der Waals surface area contributed by atoms with Crippen LogP contribution in [0.3, 0.4) is 0 Å². The summed E-state index contributed by atoms with van der Waals surface area (Å²) >= 11 is 0. The Kier molecular flexibility index (Phi) is 6.41. The lowest BCUT2D eigenvalue weighted by Gasteiger charge is -2.12. The van der Waals surface area contributed by atoms with Crippen molar-refractivity contribution in [3.8, 4) is 22.9 Å². The SMILES string of the molecule is CCCc1ccc(-c2c([O])cc(F)c(CCc3cc(F)c(C#N)c(F)c3)c2F)cc1. The van der Waals surface area contributed by atoms with Crippen molar-refractivity contribution in [2.24, 2.45) is 0 Å². The molecule has 0 bridgehead atoms. The smallest absolute Gasteiger partial charge is 0.192 e. The zero-order chi connectivity index (χ0) is 21.8. The molecule has 0 aliphatic carbocycles. The first kappa shape index (κ1) is 21.4. The van der Waals surface area contributed by atoms with Gasteiger partial charge < -0.3 is 0 Å². The van der Waals surface area contributed by atoms with Crippen LogP contribution in [0.4, 0.5) is 17.6 Å². The maximum atomic E-state index is 15.1. The van der Waals surface area contributed by atoms with Gasteiger partial charge >= 0.3 is 0 Å². The van der Waals surface area contributed by atoms with Crippen LogP contribution in [0, 0.1) is 34.6 Å². The molecule has 3 aromatic rings. The first-order chi connectivity index (χ1) is 14.3. The predicted molar refractivity (Wildman–Crippen MR) is 104 cm³/mol. The first-order valence-electron chi connectivity index (χ1n) is 9.50. The van der Waals surface area contributed by atoms with Crippen LogP contribution < -0.4 is 0 Å². The monoisotopic (exact) mass is 412 g/mol. The fourth-order valence-corrected chi connectivity index (χ4v) is 3.41. The first-order valence-corrected chi connectivity index (χ1v) is 9.50. The summed E-state index contributed by atoms with van der Waals surface area (Å²) in [6, 6.07) is 10.9. The van der Waals surface area contributed by atoms with Gasteiger partial charge in [-0.05, 0) is 48.1 Å². The summed E-state index contributed by atoms with van der Waals surface area (Å²) in [5.41, 5.74) is 0.273. The van der Waals surface area contributed by atoms with E-state index in [0.717, 1.165) is 36.6 Å². The standard InChI is InChI=1S/C24H18F4NO/c1-2-3-14-4-7-16(8-5-14)23-22(30)12-21(27)17(24(23)28)9-6-15-10-19(25)18(13-29)20(26)11-15/h4-5,7-8,10-12H,2-3,6,9H2,1H3. The lowest BCUT2D eigenvalue weighted by atomic mass is 9.95. The molecule has 6 heteroatoms. The minimum Gasteiger partial charge on any atom is -0.289 e. The average Bonchev–Trinajstić information content (AvgIpc) is 2.69. The summed E-state index contributed by atoms with van der Waals surface area (Å²) in [7, 11) is 0. The van der Waals surface area contributed by atoms with Crippen LogP contribution in [0.25, 0.3) is 11.1 Å². The van der Waals surface area contributed by atoms with Gasteiger partial charge in [0, 0.05) is 11.6 Å². The van der Waals surface area contributed by atoms with Gasteiger partial charge in [-0.15, -0.1) is 0 Å². The summed E-state index contributed by atoms with van der Waals surface area (Å²) in [5, 5.41) is 21.0. The van der Waals surface area contributed by atoms with Crippen LogP contribution in [0.2, 0.25) is 0 Å². The van der Waals surface area contributed by atoms with Crippen molar-refractivity contribution in [2.75, 3.05) is 0 Å². The summed E-state index contributed by atoms with van der Waals surface area (Å²) in [4.78, 5) is 0. The van der Waals surface area contributed by atoms with E-state index in [1.165, 1.54) is 6.07 Å². The molecular weight excluding hydrogens is 394 g/mol. The molecule has 0 amide bonds. The third-order valence-corrected chi connectivity index (χ3v) is 4.94. The van der Waals surface area contributed by atoms with Crippen molar-refractivity contribution < 1.29 is 22.7 Å². The molecule has 153 valence electrons. The average molecular weight is 412 g/mol. The molecule has 0 saturated heterocycles. The molecule has 0 aliphatic rings. The van der Waals surface area contributed by atoms with Crippen molar-refractivity contribution in [1.82, 2.24) is 0 Å². The van der Waals surface area contributed by atoms with Crippen molar-refractivity contribution in [3.05, 3.63) is 88.0 Å². The van der Waals surface area contributed by atoms with Gasteiger partial charge in [0.1, 0.15) is 34.9 Å². The minimum absolute atomic E-state index is 0.0690. The second kappa shape index (κ2) is 9.00. The Balaban J connectivity index is 1.93. The number of aryl methyl sites for hydroxylation is 2. The minimum atomic E-state index is -1.03. The van der Waals surface area contributed by atoms with E-state index in [1.54, 1.807) is 24.3 Å². The third-order valence-electron chi connectivity index (χ3n) is 4.94. The van der Waals surface area contributed by atoms with Gasteiger partial charge in [-0.2, -0.15) is 5.26 Å². The van der Waals surface area contributed by atoms with Crippen LogP contribution >= 0.6 is 0 Å². The van der Waals surface area contributed by atoms with Gasteiger partial charge in [0.25, 0.3) is 0 Å². The summed E-state index contributed by atoms with van der Waals surface area (Å²) in [6.45, 7) is 2.03. The largest absolute Gasteiger partial charge is 0.289 e. The number of rotatable bonds is 6. The Morgan fingerprint density at radius 3 is 2.03 bits per heavy atom. The van der Waals surface area contributed by atoms with E-state index in [4.69, 9.17) is 5.26 Å². The number of nitriles is 1. The number of nitrogens with zero attached hydrogens (tertiary/aromatic N) is 1. The fourth-order valence-electron chi connectivity index (χ4n) is 3.41. The number of hydrogen-bond donors (Lipinski definition) is 0. The van der Waals surface area contributed by atoms with E-state index in [0.29, 0.717) is 5.56 Å². The third kappa shape index (κ3) is 4.30. The van der Waals surface area contributed by atoms with Gasteiger partial charge in [-0.1, -0.05) is 37.6 Å². The van der Waals surface area contributed by atoms with Gasteiger partial charge in [0.15, 0.2) is 5.75 Å². The topological polar surface area (TPSA) is 43.7 Å². The zero-order valence-electron chi connectivity index (χ0n) is 16.2. The Labute approximate surface area is 172 Å². The lowest BCUT2D eigenvalue weighted by molar-refractivity contribution is 0.350. The molecular formula is C24H18F4NO. The fraction of sp³-hybridized carbons (Fsp3) is 0.208. The van der Waals surface area contributed by atoms with Crippen molar-refractivity contribution >= 4 is 0 Å². The maximum absolute atomic E-state index is 15.1. The molecule has 0 atom stereocenters. The highest BCUT2D eigenvalue weighted by atomic mass is 19.1. The summed E-state index contributed by atoms with van der Waals surface area (Å²) in [5.74, 6) is -4.81. The highest BCUT2D eigenvalue weighted by molar-refractivity contribution is 5.72. The molecule has 0 fully saturated rings. The number of hydrogen-bond acceptors (Lipinski definition) is 1. The molecule has 0 spiro atoms. The highest BCUT2D eigenvalue weighted by Crippen LogP contribution is 2.36. The van der Waals surface area contributed by atoms with E-state index in [2.05, 4.69) is 0 Å². The van der Waals surface area contributed by atoms with E-state index in [9.17, 15) is 18.3 Å². The molecule has 0 unspecified atom stereocenters. The van der Waals surface area contributed by atoms with Crippen LogP contribution in [0.15, 0.2) is 42.5 Å². The van der Waals surface area contributed by atoms with Crippen LogP contribution in [0.5, 0.6) is 5.75 Å². The zero-order valence-corrected chi connectivity index (χ0v) is 16.2. The van der Waals surface area contributed by atoms with Gasteiger partial charge in [0.05, 0.1) is 5.56 Å². The number of benzene rings is 3. The van der Waals surface area contributed by atoms with Gasteiger partial charge in [-0.25, -0.2) is 17.6 Å². The molecule has 3 rings (SSSR count). The van der Waals surface area contributed by atoms with Crippen molar-refractivity contribution in [1.29, 1.82) is 5.26 Å². The van der Waals surface area contributed by atoms with E-state index in [1.807, 2.05) is 6.92 Å². The Morgan fingerprint density at radius 2 is 1.47 bits per heavy atom. The second-order valence-corrected chi connectivity index (χ2v) is 7.02. The molecule has 0 heterocycles. The molecule has 0 aromatic heterocycles.